The number of ketones is 1. The quantitative estimate of drug-likeness (QED) is 0.681. The third kappa shape index (κ3) is 1.84. The third-order valence-corrected chi connectivity index (χ3v) is 2.64. The summed E-state index contributed by atoms with van der Waals surface area (Å²) in [5.41, 5.74) is 5.15. The minimum absolute atomic E-state index is 0.0505. The zero-order chi connectivity index (χ0) is 9.14. The van der Waals surface area contributed by atoms with E-state index in [1.165, 1.54) is 0 Å². The second-order valence-electron chi connectivity index (χ2n) is 3.43. The van der Waals surface area contributed by atoms with Crippen LogP contribution >= 0.6 is 0 Å². The van der Waals surface area contributed by atoms with Crippen LogP contribution in [0, 0.1) is 11.8 Å². The van der Waals surface area contributed by atoms with Crippen LogP contribution in [0.15, 0.2) is 0 Å². The van der Waals surface area contributed by atoms with Gasteiger partial charge < -0.3 is 5.73 Å². The molecule has 68 valence electrons. The van der Waals surface area contributed by atoms with Gasteiger partial charge in [-0.3, -0.25) is 9.59 Å². The van der Waals surface area contributed by atoms with Crippen LogP contribution in [0.5, 0.6) is 0 Å². The number of primary amides is 1. The number of rotatable bonds is 3. The highest BCUT2D eigenvalue weighted by atomic mass is 16.1. The van der Waals surface area contributed by atoms with Gasteiger partial charge >= 0.3 is 0 Å². The molecule has 2 unspecified atom stereocenters. The summed E-state index contributed by atoms with van der Waals surface area (Å²) in [5.74, 6) is 0.0816. The van der Waals surface area contributed by atoms with Gasteiger partial charge in [-0.2, -0.15) is 0 Å². The Kier molecular flexibility index (Phi) is 2.84. The Labute approximate surface area is 72.3 Å². The van der Waals surface area contributed by atoms with Gasteiger partial charge in [0.25, 0.3) is 0 Å². The molecule has 2 atom stereocenters. The average molecular weight is 169 g/mol. The Bertz CT molecular complexity index is 201. The first-order valence-electron chi connectivity index (χ1n) is 4.47. The maximum absolute atomic E-state index is 11.2. The molecule has 0 aromatic carbocycles. The number of carbonyl (C=O) groups is 2. The predicted molar refractivity (Wildman–Crippen MR) is 45.3 cm³/mol. The molecule has 0 heterocycles. The Morgan fingerprint density at radius 2 is 1.92 bits per heavy atom. The number of Topliss-reactive ketones (excluding diaryl/α,β-unsaturated/α-hetero) is 1. The van der Waals surface area contributed by atoms with Crippen molar-refractivity contribution in [1.29, 1.82) is 0 Å². The van der Waals surface area contributed by atoms with E-state index in [2.05, 4.69) is 0 Å². The van der Waals surface area contributed by atoms with Crippen molar-refractivity contribution in [1.82, 2.24) is 0 Å². The summed E-state index contributed by atoms with van der Waals surface area (Å²) in [6, 6.07) is 0. The third-order valence-electron chi connectivity index (χ3n) is 2.64. The number of amides is 1. The van der Waals surface area contributed by atoms with Crippen LogP contribution in [-0.2, 0) is 9.59 Å². The van der Waals surface area contributed by atoms with Gasteiger partial charge in [-0.15, -0.1) is 0 Å². The lowest BCUT2D eigenvalue weighted by atomic mass is 9.99. The maximum atomic E-state index is 11.2. The minimum Gasteiger partial charge on any atom is -0.369 e. The van der Waals surface area contributed by atoms with Crippen molar-refractivity contribution in [3.05, 3.63) is 0 Å². The molecule has 0 aromatic heterocycles. The fourth-order valence-corrected chi connectivity index (χ4v) is 1.82. The lowest BCUT2D eigenvalue weighted by Crippen LogP contribution is -2.21. The van der Waals surface area contributed by atoms with E-state index in [4.69, 9.17) is 5.73 Å². The monoisotopic (exact) mass is 169 g/mol. The topological polar surface area (TPSA) is 60.2 Å². The molecule has 1 aliphatic rings. The van der Waals surface area contributed by atoms with Gasteiger partial charge in [0.15, 0.2) is 0 Å². The molecule has 1 fully saturated rings. The smallest absolute Gasteiger partial charge is 0.220 e. The molecule has 0 radical (unpaired) electrons. The van der Waals surface area contributed by atoms with Gasteiger partial charge in [-0.1, -0.05) is 6.92 Å². The van der Waals surface area contributed by atoms with Crippen molar-refractivity contribution in [2.75, 3.05) is 0 Å². The van der Waals surface area contributed by atoms with Crippen LogP contribution < -0.4 is 5.73 Å². The fourth-order valence-electron chi connectivity index (χ4n) is 1.82. The summed E-state index contributed by atoms with van der Waals surface area (Å²) in [5, 5.41) is 0. The standard InChI is InChI=1S/C9H15NO2/c1-2-8(11)6-3-4-7(5-6)9(10)12/h6-7H,2-5H2,1H3,(H2,10,12). The van der Waals surface area contributed by atoms with Crippen LogP contribution in [0.3, 0.4) is 0 Å². The minimum atomic E-state index is -0.249. The summed E-state index contributed by atoms with van der Waals surface area (Å²) in [6.45, 7) is 1.86. The van der Waals surface area contributed by atoms with Gasteiger partial charge in [-0.05, 0) is 19.3 Å². The molecule has 2 N–H and O–H groups in total. The molecule has 0 aromatic rings. The highest BCUT2D eigenvalue weighted by Crippen LogP contribution is 2.31. The first kappa shape index (κ1) is 9.23. The van der Waals surface area contributed by atoms with E-state index < -0.39 is 0 Å². The van der Waals surface area contributed by atoms with Crippen LogP contribution in [0.2, 0.25) is 0 Å². The van der Waals surface area contributed by atoms with Crippen molar-refractivity contribution >= 4 is 11.7 Å². The van der Waals surface area contributed by atoms with Gasteiger partial charge in [0.05, 0.1) is 0 Å². The molecule has 3 nitrogen and oxygen atoms in total. The van der Waals surface area contributed by atoms with Crippen molar-refractivity contribution in [3.8, 4) is 0 Å². The second kappa shape index (κ2) is 3.70. The first-order chi connectivity index (χ1) is 5.65. The number of carbonyl (C=O) groups excluding carboxylic acids is 2. The van der Waals surface area contributed by atoms with E-state index in [1.807, 2.05) is 6.92 Å². The van der Waals surface area contributed by atoms with Crippen LogP contribution in [0.4, 0.5) is 0 Å². The molecular weight excluding hydrogens is 154 g/mol. The number of hydrogen-bond acceptors (Lipinski definition) is 2. The number of hydrogen-bond donors (Lipinski definition) is 1. The van der Waals surface area contributed by atoms with E-state index in [0.717, 1.165) is 12.8 Å². The van der Waals surface area contributed by atoms with E-state index >= 15 is 0 Å². The normalized spacial score (nSPS) is 28.8. The zero-order valence-electron chi connectivity index (χ0n) is 7.38. The Morgan fingerprint density at radius 1 is 1.33 bits per heavy atom. The second-order valence-corrected chi connectivity index (χ2v) is 3.43. The van der Waals surface area contributed by atoms with Crippen LogP contribution in [0.1, 0.15) is 32.6 Å². The van der Waals surface area contributed by atoms with Gasteiger partial charge in [0.2, 0.25) is 5.91 Å². The summed E-state index contributed by atoms with van der Waals surface area (Å²) < 4.78 is 0. The SMILES string of the molecule is CCC(=O)C1CCC(C(N)=O)C1. The predicted octanol–water partition coefficient (Wildman–Crippen LogP) is 0.867. The Balaban J connectivity index is 2.45. The Morgan fingerprint density at radius 3 is 2.33 bits per heavy atom. The molecule has 1 aliphatic carbocycles. The van der Waals surface area contributed by atoms with E-state index in [0.29, 0.717) is 12.8 Å². The van der Waals surface area contributed by atoms with Crippen LogP contribution in [0.25, 0.3) is 0 Å². The first-order valence-corrected chi connectivity index (χ1v) is 4.47. The lowest BCUT2D eigenvalue weighted by Gasteiger charge is -2.05. The summed E-state index contributed by atoms with van der Waals surface area (Å²) >= 11 is 0. The van der Waals surface area contributed by atoms with E-state index in [9.17, 15) is 9.59 Å². The number of nitrogens with two attached hydrogens (primary N) is 1. The summed E-state index contributed by atoms with van der Waals surface area (Å²) in [7, 11) is 0. The molecule has 3 heteroatoms. The largest absolute Gasteiger partial charge is 0.369 e. The van der Waals surface area contributed by atoms with Gasteiger partial charge in [0, 0.05) is 18.3 Å². The van der Waals surface area contributed by atoms with Crippen LogP contribution in [-0.4, -0.2) is 11.7 Å². The summed E-state index contributed by atoms with van der Waals surface area (Å²) in [6.07, 6.45) is 2.91. The molecule has 0 aliphatic heterocycles. The molecule has 1 saturated carbocycles. The van der Waals surface area contributed by atoms with Crippen molar-refractivity contribution in [2.24, 2.45) is 17.6 Å². The highest BCUT2D eigenvalue weighted by molar-refractivity contribution is 5.83. The van der Waals surface area contributed by atoms with Crippen molar-refractivity contribution < 1.29 is 9.59 Å². The lowest BCUT2D eigenvalue weighted by molar-refractivity contribution is -0.123. The van der Waals surface area contributed by atoms with Crippen molar-refractivity contribution in [3.63, 3.8) is 0 Å². The molecular formula is C9H15NO2. The molecule has 0 spiro atoms. The van der Waals surface area contributed by atoms with Crippen molar-refractivity contribution in [2.45, 2.75) is 32.6 Å². The molecule has 12 heavy (non-hydrogen) atoms. The van der Waals surface area contributed by atoms with E-state index in [-0.39, 0.29) is 23.5 Å². The average Bonchev–Trinajstić information content (AvgIpc) is 2.51. The maximum Gasteiger partial charge on any atom is 0.220 e. The van der Waals surface area contributed by atoms with Gasteiger partial charge in [-0.25, -0.2) is 0 Å². The molecule has 1 rings (SSSR count). The Hall–Kier alpha value is -0.860. The summed E-state index contributed by atoms with van der Waals surface area (Å²) in [4.78, 5) is 22.0. The molecule has 0 saturated heterocycles. The van der Waals surface area contributed by atoms with E-state index in [1.54, 1.807) is 0 Å². The highest BCUT2D eigenvalue weighted by Gasteiger charge is 2.31. The molecule has 1 amide bonds. The molecule has 0 bridgehead atoms. The fraction of sp³-hybridized carbons (Fsp3) is 0.778. The van der Waals surface area contributed by atoms with Gasteiger partial charge in [0.1, 0.15) is 5.78 Å². The zero-order valence-corrected chi connectivity index (χ0v) is 7.38.